The van der Waals surface area contributed by atoms with E-state index in [4.69, 9.17) is 4.42 Å². The Morgan fingerprint density at radius 3 is 3.28 bits per heavy atom. The summed E-state index contributed by atoms with van der Waals surface area (Å²) in [4.78, 5) is 23.2. The topological polar surface area (TPSA) is 95.8 Å². The Hall–Kier alpha value is -2.15. The van der Waals surface area contributed by atoms with Crippen LogP contribution in [0.2, 0.25) is 0 Å². The number of anilines is 1. The van der Waals surface area contributed by atoms with Gasteiger partial charge in [-0.3, -0.25) is 15.4 Å². The lowest BCUT2D eigenvalue weighted by molar-refractivity contribution is -0.118. The van der Waals surface area contributed by atoms with Gasteiger partial charge in [0.1, 0.15) is 6.26 Å². The first-order chi connectivity index (χ1) is 8.72. The Bertz CT molecular complexity index is 574. The second kappa shape index (κ2) is 4.26. The zero-order valence-electron chi connectivity index (χ0n) is 9.86. The highest BCUT2D eigenvalue weighted by Gasteiger charge is 2.26. The molecule has 0 saturated heterocycles. The van der Waals surface area contributed by atoms with Crippen molar-refractivity contribution >= 4 is 11.9 Å². The number of rotatable bonds is 2. The number of aryl methyl sites for hydroxylation is 1. The van der Waals surface area contributed by atoms with Crippen LogP contribution in [0.4, 0.5) is 6.01 Å². The zero-order chi connectivity index (χ0) is 12.5. The van der Waals surface area contributed by atoms with Gasteiger partial charge in [-0.1, -0.05) is 0 Å². The fourth-order valence-corrected chi connectivity index (χ4v) is 1.96. The fourth-order valence-electron chi connectivity index (χ4n) is 1.96. The molecule has 18 heavy (non-hydrogen) atoms. The highest BCUT2D eigenvalue weighted by Crippen LogP contribution is 2.14. The second-order valence-electron chi connectivity index (χ2n) is 4.25. The summed E-state index contributed by atoms with van der Waals surface area (Å²) in [5.74, 6) is -0.162. The first-order valence-electron chi connectivity index (χ1n) is 5.70. The molecule has 2 aromatic rings. The molecule has 2 aromatic heterocycles. The molecule has 0 bridgehead atoms. The molecule has 0 radical (unpaired) electrons. The first kappa shape index (κ1) is 11.0. The molecular formula is C11H13N5O2. The highest BCUT2D eigenvalue weighted by molar-refractivity contribution is 5.93. The van der Waals surface area contributed by atoms with Crippen molar-refractivity contribution in [2.45, 2.75) is 25.9 Å². The number of fused-ring (bicyclic) bond motifs is 1. The van der Waals surface area contributed by atoms with Gasteiger partial charge in [-0.05, 0) is 6.92 Å². The minimum atomic E-state index is -0.312. The average Bonchev–Trinajstić information content (AvgIpc) is 2.96. The van der Waals surface area contributed by atoms with E-state index in [0.29, 0.717) is 13.0 Å². The molecule has 3 rings (SSSR count). The number of nitrogens with zero attached hydrogens (tertiary/aromatic N) is 2. The van der Waals surface area contributed by atoms with Crippen molar-refractivity contribution in [3.8, 4) is 0 Å². The molecule has 1 atom stereocenters. The molecule has 1 aliphatic heterocycles. The summed E-state index contributed by atoms with van der Waals surface area (Å²) in [5.41, 5.74) is 2.69. The molecule has 1 aliphatic rings. The molecule has 0 fully saturated rings. The molecule has 94 valence electrons. The third kappa shape index (κ3) is 2.00. The summed E-state index contributed by atoms with van der Waals surface area (Å²) < 4.78 is 5.09. The van der Waals surface area contributed by atoms with Gasteiger partial charge in [-0.2, -0.15) is 4.98 Å². The van der Waals surface area contributed by atoms with Crippen LogP contribution >= 0.6 is 0 Å². The first-order valence-corrected chi connectivity index (χ1v) is 5.70. The van der Waals surface area contributed by atoms with Crippen molar-refractivity contribution in [3.63, 3.8) is 0 Å². The molecule has 0 aromatic carbocycles. The summed E-state index contributed by atoms with van der Waals surface area (Å²) in [6, 6.07) is -0.0832. The standard InChI is InChI=1S/C11H13N5O2/c1-6-4-18-11(15-6)16-10(17)8-2-7-9(3-12-8)14-5-13-7/h4-5,8,12H,2-3H2,1H3,(H,13,14)(H,15,16,17). The molecule has 0 aliphatic carbocycles. The lowest BCUT2D eigenvalue weighted by Gasteiger charge is -2.21. The highest BCUT2D eigenvalue weighted by atomic mass is 16.4. The van der Waals surface area contributed by atoms with Crippen molar-refractivity contribution in [1.29, 1.82) is 0 Å². The lowest BCUT2D eigenvalue weighted by Crippen LogP contribution is -2.44. The molecule has 7 heteroatoms. The van der Waals surface area contributed by atoms with Gasteiger partial charge < -0.3 is 9.40 Å². The van der Waals surface area contributed by atoms with Crippen molar-refractivity contribution in [2.24, 2.45) is 0 Å². The lowest BCUT2D eigenvalue weighted by atomic mass is 10.1. The van der Waals surface area contributed by atoms with Crippen molar-refractivity contribution < 1.29 is 9.21 Å². The molecule has 3 N–H and O–H groups in total. The number of oxazole rings is 1. The Morgan fingerprint density at radius 1 is 1.61 bits per heavy atom. The maximum atomic E-state index is 12.0. The number of amides is 1. The van der Waals surface area contributed by atoms with Crippen molar-refractivity contribution in [3.05, 3.63) is 29.7 Å². The minimum absolute atomic E-state index is 0.162. The van der Waals surface area contributed by atoms with Gasteiger partial charge in [-0.15, -0.1) is 0 Å². The SMILES string of the molecule is Cc1coc(NC(=O)C2Cc3nc[nH]c3CN2)n1. The number of imidazole rings is 1. The third-order valence-corrected chi connectivity index (χ3v) is 2.90. The van der Waals surface area contributed by atoms with Crippen LogP contribution in [0.5, 0.6) is 0 Å². The van der Waals surface area contributed by atoms with Crippen LogP contribution in [0.25, 0.3) is 0 Å². The normalized spacial score (nSPS) is 18.4. The molecule has 3 heterocycles. The van der Waals surface area contributed by atoms with E-state index in [1.54, 1.807) is 13.3 Å². The van der Waals surface area contributed by atoms with E-state index in [9.17, 15) is 4.79 Å². The Labute approximate surface area is 103 Å². The maximum absolute atomic E-state index is 12.0. The largest absolute Gasteiger partial charge is 0.432 e. The van der Waals surface area contributed by atoms with Gasteiger partial charge >= 0.3 is 6.01 Å². The van der Waals surface area contributed by atoms with Crippen LogP contribution < -0.4 is 10.6 Å². The number of carbonyl (C=O) groups is 1. The number of H-pyrrole nitrogens is 1. The number of carbonyl (C=O) groups excluding carboxylic acids is 1. The number of hydrogen-bond acceptors (Lipinski definition) is 5. The van der Waals surface area contributed by atoms with Crippen LogP contribution in [0.3, 0.4) is 0 Å². The summed E-state index contributed by atoms with van der Waals surface area (Å²) in [7, 11) is 0. The van der Waals surface area contributed by atoms with E-state index >= 15 is 0 Å². The van der Waals surface area contributed by atoms with E-state index < -0.39 is 0 Å². The Balaban J connectivity index is 1.67. The van der Waals surface area contributed by atoms with Gasteiger partial charge in [0.25, 0.3) is 0 Å². The number of aromatic nitrogens is 3. The monoisotopic (exact) mass is 247 g/mol. The summed E-state index contributed by atoms with van der Waals surface area (Å²) in [6.07, 6.45) is 3.70. The van der Waals surface area contributed by atoms with Crippen LogP contribution in [-0.2, 0) is 17.8 Å². The molecule has 1 amide bonds. The van der Waals surface area contributed by atoms with E-state index in [-0.39, 0.29) is 18.0 Å². The van der Waals surface area contributed by atoms with Gasteiger partial charge in [0.15, 0.2) is 0 Å². The van der Waals surface area contributed by atoms with Gasteiger partial charge in [0, 0.05) is 13.0 Å². The number of hydrogen-bond donors (Lipinski definition) is 3. The van der Waals surface area contributed by atoms with E-state index in [1.807, 2.05) is 0 Å². The molecular weight excluding hydrogens is 234 g/mol. The predicted octanol–water partition coefficient (Wildman–Crippen LogP) is 0.359. The van der Waals surface area contributed by atoms with E-state index in [2.05, 4.69) is 25.6 Å². The molecule has 0 saturated carbocycles. The fraction of sp³-hybridized carbons (Fsp3) is 0.364. The summed E-state index contributed by atoms with van der Waals surface area (Å²) in [5, 5.41) is 5.77. The average molecular weight is 247 g/mol. The maximum Gasteiger partial charge on any atom is 0.301 e. The van der Waals surface area contributed by atoms with E-state index in [1.165, 1.54) is 6.26 Å². The molecule has 0 spiro atoms. The van der Waals surface area contributed by atoms with Gasteiger partial charge in [0.2, 0.25) is 5.91 Å². The quantitative estimate of drug-likeness (QED) is 0.712. The minimum Gasteiger partial charge on any atom is -0.432 e. The smallest absolute Gasteiger partial charge is 0.301 e. The van der Waals surface area contributed by atoms with Crippen LogP contribution in [0.1, 0.15) is 17.1 Å². The van der Waals surface area contributed by atoms with E-state index in [0.717, 1.165) is 17.1 Å². The number of aromatic amines is 1. The number of nitrogens with one attached hydrogen (secondary N) is 3. The Morgan fingerprint density at radius 2 is 2.50 bits per heavy atom. The molecule has 7 nitrogen and oxygen atoms in total. The van der Waals surface area contributed by atoms with Crippen LogP contribution in [-0.4, -0.2) is 26.9 Å². The predicted molar refractivity (Wildman–Crippen MR) is 62.8 cm³/mol. The van der Waals surface area contributed by atoms with Crippen LogP contribution in [0.15, 0.2) is 17.0 Å². The molecule has 1 unspecified atom stereocenters. The second-order valence-corrected chi connectivity index (χ2v) is 4.25. The summed E-state index contributed by atoms with van der Waals surface area (Å²) in [6.45, 7) is 2.41. The van der Waals surface area contributed by atoms with Crippen molar-refractivity contribution in [1.82, 2.24) is 20.3 Å². The van der Waals surface area contributed by atoms with Gasteiger partial charge in [-0.25, -0.2) is 4.98 Å². The Kier molecular flexibility index (Phi) is 2.60. The van der Waals surface area contributed by atoms with Crippen molar-refractivity contribution in [2.75, 3.05) is 5.32 Å². The van der Waals surface area contributed by atoms with Crippen LogP contribution in [0, 0.1) is 6.92 Å². The zero-order valence-corrected chi connectivity index (χ0v) is 9.86. The van der Waals surface area contributed by atoms with Gasteiger partial charge in [0.05, 0.1) is 29.5 Å². The summed E-state index contributed by atoms with van der Waals surface area (Å²) >= 11 is 0. The third-order valence-electron chi connectivity index (χ3n) is 2.90.